The van der Waals surface area contributed by atoms with Gasteiger partial charge >= 0.3 is 0 Å². The van der Waals surface area contributed by atoms with Gasteiger partial charge < -0.3 is 9.88 Å². The number of hydrogen-bond acceptors (Lipinski definition) is 3. The van der Waals surface area contributed by atoms with Crippen molar-refractivity contribution in [3.63, 3.8) is 0 Å². The Balaban J connectivity index is 1.73. The maximum atomic E-state index is 12.1. The Kier molecular flexibility index (Phi) is 3.58. The van der Waals surface area contributed by atoms with Crippen molar-refractivity contribution >= 4 is 16.9 Å². The second kappa shape index (κ2) is 5.70. The number of aryl methyl sites for hydroxylation is 1. The zero-order valence-corrected chi connectivity index (χ0v) is 12.1. The topological polar surface area (TPSA) is 70.7 Å². The Labute approximate surface area is 127 Å². The number of carbonyl (C=O) groups excluding carboxylic acids is 1. The summed E-state index contributed by atoms with van der Waals surface area (Å²) in [5.74, 6) is -0.196. The van der Waals surface area contributed by atoms with Gasteiger partial charge in [-0.05, 0) is 35.9 Å². The van der Waals surface area contributed by atoms with Crippen LogP contribution in [0.25, 0.3) is 11.0 Å². The molecule has 0 spiro atoms. The van der Waals surface area contributed by atoms with Gasteiger partial charge in [0, 0.05) is 19.2 Å². The van der Waals surface area contributed by atoms with Crippen molar-refractivity contribution in [2.75, 3.05) is 0 Å². The number of benzene rings is 2. The van der Waals surface area contributed by atoms with E-state index in [-0.39, 0.29) is 5.91 Å². The van der Waals surface area contributed by atoms with Crippen molar-refractivity contribution in [3.05, 3.63) is 65.5 Å². The van der Waals surface area contributed by atoms with Crippen LogP contribution < -0.4 is 5.32 Å². The highest BCUT2D eigenvalue weighted by molar-refractivity contribution is 5.94. The van der Waals surface area contributed by atoms with E-state index in [0.717, 1.165) is 16.6 Å². The summed E-state index contributed by atoms with van der Waals surface area (Å²) < 4.78 is 1.95. The minimum Gasteiger partial charge on any atom is -0.348 e. The van der Waals surface area contributed by atoms with Crippen LogP contribution in [0.4, 0.5) is 0 Å². The number of fused-ring (bicyclic) bond motifs is 1. The molecular weight excluding hydrogens is 276 g/mol. The lowest BCUT2D eigenvalue weighted by Crippen LogP contribution is -2.22. The molecule has 3 aromatic rings. The molecule has 1 heterocycles. The van der Waals surface area contributed by atoms with E-state index in [4.69, 9.17) is 5.26 Å². The normalized spacial score (nSPS) is 10.4. The van der Waals surface area contributed by atoms with E-state index in [2.05, 4.69) is 10.3 Å². The number of nitrogens with zero attached hydrogens (tertiary/aromatic N) is 3. The van der Waals surface area contributed by atoms with E-state index in [1.807, 2.05) is 35.9 Å². The first-order valence-corrected chi connectivity index (χ1v) is 6.86. The standard InChI is InChI=1S/C17H14N4O/c1-21-11-20-15-8-13(5-6-16(15)21)10-19-17(22)14-4-2-3-12(7-14)9-18/h2-8,11H,10H2,1H3,(H,19,22). The molecule has 0 bridgehead atoms. The summed E-state index contributed by atoms with van der Waals surface area (Å²) in [4.78, 5) is 16.4. The maximum Gasteiger partial charge on any atom is 0.251 e. The Bertz CT molecular complexity index is 889. The molecule has 3 rings (SSSR count). The van der Waals surface area contributed by atoms with Gasteiger partial charge in [0.05, 0.1) is 29.0 Å². The molecular formula is C17H14N4O. The Morgan fingerprint density at radius 2 is 2.18 bits per heavy atom. The van der Waals surface area contributed by atoms with Gasteiger partial charge in [0.2, 0.25) is 0 Å². The van der Waals surface area contributed by atoms with E-state index in [9.17, 15) is 4.79 Å². The molecule has 108 valence electrons. The second-order valence-electron chi connectivity index (χ2n) is 5.05. The number of aromatic nitrogens is 2. The third-order valence-electron chi connectivity index (χ3n) is 3.50. The van der Waals surface area contributed by atoms with Crippen LogP contribution in [0.5, 0.6) is 0 Å². The Morgan fingerprint density at radius 1 is 1.32 bits per heavy atom. The highest BCUT2D eigenvalue weighted by atomic mass is 16.1. The molecule has 0 fully saturated rings. The number of nitrogens with one attached hydrogen (secondary N) is 1. The molecule has 2 aromatic carbocycles. The van der Waals surface area contributed by atoms with Crippen LogP contribution in [0.15, 0.2) is 48.8 Å². The van der Waals surface area contributed by atoms with Crippen molar-refractivity contribution in [1.29, 1.82) is 5.26 Å². The first-order valence-electron chi connectivity index (χ1n) is 6.86. The van der Waals surface area contributed by atoms with Gasteiger partial charge in [-0.25, -0.2) is 4.98 Å². The lowest BCUT2D eigenvalue weighted by Gasteiger charge is -2.06. The summed E-state index contributed by atoms with van der Waals surface area (Å²) in [6, 6.07) is 14.6. The number of imidazole rings is 1. The molecule has 0 saturated carbocycles. The minimum absolute atomic E-state index is 0.196. The summed E-state index contributed by atoms with van der Waals surface area (Å²) in [6.45, 7) is 0.419. The predicted molar refractivity (Wildman–Crippen MR) is 83.0 cm³/mol. The van der Waals surface area contributed by atoms with Crippen LogP contribution in [-0.2, 0) is 13.6 Å². The SMILES string of the molecule is Cn1cnc2cc(CNC(=O)c3cccc(C#N)c3)ccc21. The van der Waals surface area contributed by atoms with Gasteiger partial charge in [-0.3, -0.25) is 4.79 Å². The highest BCUT2D eigenvalue weighted by Gasteiger charge is 2.07. The van der Waals surface area contributed by atoms with E-state index < -0.39 is 0 Å². The molecule has 5 heteroatoms. The Morgan fingerprint density at radius 3 is 3.00 bits per heavy atom. The second-order valence-corrected chi connectivity index (χ2v) is 5.05. The van der Waals surface area contributed by atoms with Crippen LogP contribution >= 0.6 is 0 Å². The average Bonchev–Trinajstić information content (AvgIpc) is 2.93. The van der Waals surface area contributed by atoms with Gasteiger partial charge in [-0.2, -0.15) is 5.26 Å². The number of rotatable bonds is 3. The lowest BCUT2D eigenvalue weighted by molar-refractivity contribution is 0.0951. The first-order chi connectivity index (χ1) is 10.7. The summed E-state index contributed by atoms with van der Waals surface area (Å²) in [6.07, 6.45) is 1.76. The zero-order chi connectivity index (χ0) is 15.5. The van der Waals surface area contributed by atoms with Crippen LogP contribution in [0, 0.1) is 11.3 Å². The first kappa shape index (κ1) is 13.8. The molecule has 1 amide bonds. The van der Waals surface area contributed by atoms with Crippen molar-refractivity contribution in [1.82, 2.24) is 14.9 Å². The molecule has 0 unspecified atom stereocenters. The molecule has 0 aliphatic heterocycles. The lowest BCUT2D eigenvalue weighted by atomic mass is 10.1. The van der Waals surface area contributed by atoms with E-state index in [0.29, 0.717) is 17.7 Å². The average molecular weight is 290 g/mol. The fourth-order valence-corrected chi connectivity index (χ4v) is 2.31. The van der Waals surface area contributed by atoms with Crippen LogP contribution in [0.1, 0.15) is 21.5 Å². The van der Waals surface area contributed by atoms with Crippen LogP contribution in [0.2, 0.25) is 0 Å². The molecule has 5 nitrogen and oxygen atoms in total. The molecule has 1 N–H and O–H groups in total. The van der Waals surface area contributed by atoms with E-state index in [1.54, 1.807) is 30.6 Å². The summed E-state index contributed by atoms with van der Waals surface area (Å²) in [7, 11) is 1.94. The molecule has 1 aromatic heterocycles. The van der Waals surface area contributed by atoms with Gasteiger partial charge in [0.25, 0.3) is 5.91 Å². The fourth-order valence-electron chi connectivity index (χ4n) is 2.31. The number of hydrogen-bond donors (Lipinski definition) is 1. The van der Waals surface area contributed by atoms with Crippen molar-refractivity contribution < 1.29 is 4.79 Å². The maximum absolute atomic E-state index is 12.1. The number of amides is 1. The van der Waals surface area contributed by atoms with Crippen LogP contribution in [-0.4, -0.2) is 15.5 Å². The van der Waals surface area contributed by atoms with Crippen molar-refractivity contribution in [2.24, 2.45) is 7.05 Å². The fraction of sp³-hybridized carbons (Fsp3) is 0.118. The number of nitriles is 1. The van der Waals surface area contributed by atoms with E-state index in [1.165, 1.54) is 0 Å². The summed E-state index contributed by atoms with van der Waals surface area (Å²) in [5.41, 5.74) is 3.90. The van der Waals surface area contributed by atoms with Gasteiger partial charge in [-0.1, -0.05) is 12.1 Å². The van der Waals surface area contributed by atoms with Crippen LogP contribution in [0.3, 0.4) is 0 Å². The highest BCUT2D eigenvalue weighted by Crippen LogP contribution is 2.14. The third kappa shape index (κ3) is 2.67. The van der Waals surface area contributed by atoms with Crippen molar-refractivity contribution in [3.8, 4) is 6.07 Å². The zero-order valence-electron chi connectivity index (χ0n) is 12.1. The summed E-state index contributed by atoms with van der Waals surface area (Å²) in [5, 5.41) is 11.7. The van der Waals surface area contributed by atoms with Gasteiger partial charge in [0.1, 0.15) is 0 Å². The Hall–Kier alpha value is -3.13. The quantitative estimate of drug-likeness (QED) is 0.805. The monoisotopic (exact) mass is 290 g/mol. The molecule has 0 aliphatic carbocycles. The third-order valence-corrected chi connectivity index (χ3v) is 3.50. The van der Waals surface area contributed by atoms with E-state index >= 15 is 0 Å². The van der Waals surface area contributed by atoms with Crippen molar-refractivity contribution in [2.45, 2.75) is 6.54 Å². The smallest absolute Gasteiger partial charge is 0.251 e. The number of carbonyl (C=O) groups is 1. The van der Waals surface area contributed by atoms with Gasteiger partial charge in [0.15, 0.2) is 0 Å². The largest absolute Gasteiger partial charge is 0.348 e. The molecule has 0 saturated heterocycles. The summed E-state index contributed by atoms with van der Waals surface area (Å²) >= 11 is 0. The minimum atomic E-state index is -0.196. The predicted octanol–water partition coefficient (Wildman–Crippen LogP) is 2.37. The van der Waals surface area contributed by atoms with Gasteiger partial charge in [-0.15, -0.1) is 0 Å². The molecule has 0 aliphatic rings. The molecule has 0 atom stereocenters. The molecule has 22 heavy (non-hydrogen) atoms. The molecule has 0 radical (unpaired) electrons.